The van der Waals surface area contributed by atoms with Gasteiger partial charge in [0, 0.05) is 22.5 Å². The van der Waals surface area contributed by atoms with Gasteiger partial charge in [0.15, 0.2) is 0 Å². The van der Waals surface area contributed by atoms with Crippen LogP contribution in [0.2, 0.25) is 18.1 Å². The lowest BCUT2D eigenvalue weighted by molar-refractivity contribution is 0.199. The number of nitriles is 1. The van der Waals surface area contributed by atoms with Gasteiger partial charge < -0.3 is 4.74 Å². The molecule has 3 rings (SSSR count). The molecule has 0 aromatic heterocycles. The summed E-state index contributed by atoms with van der Waals surface area (Å²) >= 11 is 0. The van der Waals surface area contributed by atoms with Gasteiger partial charge in [-0.3, -0.25) is 0 Å². The van der Waals surface area contributed by atoms with Crippen molar-refractivity contribution in [2.75, 3.05) is 13.7 Å². The van der Waals surface area contributed by atoms with Crippen molar-refractivity contribution in [3.63, 3.8) is 0 Å². The average molecular weight is 350 g/mol. The van der Waals surface area contributed by atoms with E-state index in [9.17, 15) is 0 Å². The third-order valence-corrected chi connectivity index (χ3v) is 9.06. The van der Waals surface area contributed by atoms with E-state index in [0.717, 1.165) is 12.5 Å². The highest BCUT2D eigenvalue weighted by atomic mass is 28.3. The molecule has 1 saturated heterocycles. The Kier molecular flexibility index (Phi) is 6.44. The van der Waals surface area contributed by atoms with E-state index in [1.807, 2.05) is 24.3 Å². The molecule has 0 saturated carbocycles. The van der Waals surface area contributed by atoms with Crippen molar-refractivity contribution in [2.24, 2.45) is 0 Å². The monoisotopic (exact) mass is 349 g/mol. The number of hydrogen-bond acceptors (Lipinski definition) is 2. The van der Waals surface area contributed by atoms with Crippen molar-refractivity contribution in [3.05, 3.63) is 59.7 Å². The predicted molar refractivity (Wildman–Crippen MR) is 107 cm³/mol. The molecule has 0 N–H and O–H groups in total. The van der Waals surface area contributed by atoms with Gasteiger partial charge in [0.1, 0.15) is 0 Å². The lowest BCUT2D eigenvalue weighted by Crippen LogP contribution is -2.20. The van der Waals surface area contributed by atoms with Crippen LogP contribution < -0.4 is 0 Å². The van der Waals surface area contributed by atoms with Gasteiger partial charge in [0.05, 0.1) is 11.6 Å². The van der Waals surface area contributed by atoms with Gasteiger partial charge in [-0.2, -0.15) is 5.26 Å². The third-order valence-electron chi connectivity index (χ3n) is 5.54. The van der Waals surface area contributed by atoms with Crippen LogP contribution >= 0.6 is 0 Å². The largest absolute Gasteiger partial charge is 0.385 e. The summed E-state index contributed by atoms with van der Waals surface area (Å²) in [4.78, 5) is 0. The van der Waals surface area contributed by atoms with Crippen LogP contribution in [-0.2, 0) is 4.74 Å². The van der Waals surface area contributed by atoms with E-state index >= 15 is 0 Å². The second kappa shape index (κ2) is 8.99. The Labute approximate surface area is 153 Å². The van der Waals surface area contributed by atoms with Crippen molar-refractivity contribution < 1.29 is 4.74 Å². The quantitative estimate of drug-likeness (QED) is 0.519. The minimum atomic E-state index is -0.493. The average Bonchev–Trinajstić information content (AvgIpc) is 2.69. The molecule has 0 amide bonds. The molecule has 0 bridgehead atoms. The minimum absolute atomic E-state index is 0.493. The molecular weight excluding hydrogens is 322 g/mol. The summed E-state index contributed by atoms with van der Waals surface area (Å²) in [5.41, 5.74) is 4.63. The van der Waals surface area contributed by atoms with E-state index in [-0.39, 0.29) is 0 Å². The van der Waals surface area contributed by atoms with E-state index in [1.54, 1.807) is 7.11 Å². The number of methoxy groups -OCH3 is 1. The Morgan fingerprint density at radius 3 is 2.16 bits per heavy atom. The first-order valence-electron chi connectivity index (χ1n) is 9.39. The maximum absolute atomic E-state index is 8.91. The molecule has 0 atom stereocenters. The second-order valence-electron chi connectivity index (χ2n) is 7.16. The van der Waals surface area contributed by atoms with Crippen molar-refractivity contribution >= 4 is 8.80 Å². The molecule has 0 aliphatic carbocycles. The molecule has 130 valence electrons. The maximum Gasteiger partial charge on any atom is 0.0991 e. The van der Waals surface area contributed by atoms with Crippen LogP contribution in [0.5, 0.6) is 0 Å². The van der Waals surface area contributed by atoms with Crippen LogP contribution in [0.4, 0.5) is 0 Å². The van der Waals surface area contributed by atoms with E-state index < -0.39 is 8.80 Å². The Balaban J connectivity index is 1.57. The van der Waals surface area contributed by atoms with E-state index in [0.29, 0.717) is 5.56 Å². The molecule has 2 aromatic carbocycles. The first-order chi connectivity index (χ1) is 12.3. The fraction of sp³-hybridized carbons (Fsp3) is 0.409. The number of hydrogen-bond donors (Lipinski definition) is 0. The number of rotatable bonds is 6. The van der Waals surface area contributed by atoms with Gasteiger partial charge in [-0.15, -0.1) is 0 Å². The van der Waals surface area contributed by atoms with Gasteiger partial charge in [-0.1, -0.05) is 54.5 Å². The van der Waals surface area contributed by atoms with Gasteiger partial charge >= 0.3 is 0 Å². The van der Waals surface area contributed by atoms with Crippen molar-refractivity contribution in [1.29, 1.82) is 5.26 Å². The molecule has 2 aromatic rings. The molecule has 1 fully saturated rings. The van der Waals surface area contributed by atoms with Gasteiger partial charge in [-0.05, 0) is 54.0 Å². The summed E-state index contributed by atoms with van der Waals surface area (Å²) in [6.45, 7) is 0.934. The van der Waals surface area contributed by atoms with Crippen LogP contribution in [0.15, 0.2) is 48.5 Å². The molecule has 1 heterocycles. The Hall–Kier alpha value is -1.89. The standard InChI is InChI=1S/C22H27NOSi/c1-24-13-2-14-25-15-11-22(12-16-25)21-9-7-20(8-10-21)19-5-3-18(17-23)4-6-19/h3-10,22,25H,2,11-16H2,1H3. The first-order valence-corrected chi connectivity index (χ1v) is 11.8. The highest BCUT2D eigenvalue weighted by Gasteiger charge is 2.22. The number of ether oxygens (including phenoxy) is 1. The summed E-state index contributed by atoms with van der Waals surface area (Å²) in [6.07, 6.45) is 4.01. The summed E-state index contributed by atoms with van der Waals surface area (Å²) in [7, 11) is 1.31. The second-order valence-corrected chi connectivity index (χ2v) is 10.6. The van der Waals surface area contributed by atoms with E-state index in [2.05, 4.69) is 30.3 Å². The maximum atomic E-state index is 8.91. The Bertz CT molecular complexity index is 694. The summed E-state index contributed by atoms with van der Waals surface area (Å²) in [5.74, 6) is 0.751. The molecule has 0 radical (unpaired) electrons. The zero-order valence-corrected chi connectivity index (χ0v) is 16.2. The molecule has 3 heteroatoms. The van der Waals surface area contributed by atoms with E-state index in [1.165, 1.54) is 54.1 Å². The van der Waals surface area contributed by atoms with Crippen molar-refractivity contribution in [3.8, 4) is 17.2 Å². The number of benzene rings is 2. The zero-order valence-electron chi connectivity index (χ0n) is 15.1. The smallest absolute Gasteiger partial charge is 0.0991 e. The molecule has 0 spiro atoms. The fourth-order valence-corrected chi connectivity index (χ4v) is 7.34. The van der Waals surface area contributed by atoms with Crippen LogP contribution in [0.1, 0.15) is 36.3 Å². The Morgan fingerprint density at radius 1 is 1.00 bits per heavy atom. The lowest BCUT2D eigenvalue weighted by atomic mass is 9.92. The lowest BCUT2D eigenvalue weighted by Gasteiger charge is -2.28. The number of nitrogens with zero attached hydrogens (tertiary/aromatic N) is 1. The van der Waals surface area contributed by atoms with Gasteiger partial charge in [-0.25, -0.2) is 0 Å². The fourth-order valence-electron chi connectivity index (χ4n) is 3.99. The van der Waals surface area contributed by atoms with Crippen LogP contribution in [0.25, 0.3) is 11.1 Å². The molecule has 0 unspecified atom stereocenters. The van der Waals surface area contributed by atoms with Crippen LogP contribution in [0, 0.1) is 11.3 Å². The first kappa shape index (κ1) is 17.9. The van der Waals surface area contributed by atoms with Gasteiger partial charge in [0.2, 0.25) is 0 Å². The predicted octanol–water partition coefficient (Wildman–Crippen LogP) is 5.37. The molecular formula is C22H27NOSi. The zero-order chi connectivity index (χ0) is 17.5. The normalized spacial score (nSPS) is 20.2. The van der Waals surface area contributed by atoms with E-state index in [4.69, 9.17) is 10.00 Å². The molecule has 1 aliphatic rings. The van der Waals surface area contributed by atoms with Crippen molar-refractivity contribution in [1.82, 2.24) is 0 Å². The SMILES string of the molecule is COCCC[SiH]1CCC(c2ccc(-c3ccc(C#N)cc3)cc2)CC1. The molecule has 25 heavy (non-hydrogen) atoms. The molecule has 2 nitrogen and oxygen atoms in total. The van der Waals surface area contributed by atoms with Crippen LogP contribution in [0.3, 0.4) is 0 Å². The van der Waals surface area contributed by atoms with Gasteiger partial charge in [0.25, 0.3) is 0 Å². The third kappa shape index (κ3) is 4.81. The van der Waals surface area contributed by atoms with Crippen molar-refractivity contribution in [2.45, 2.75) is 43.3 Å². The Morgan fingerprint density at radius 2 is 1.60 bits per heavy atom. The highest BCUT2D eigenvalue weighted by molar-refractivity contribution is 6.59. The topological polar surface area (TPSA) is 33.0 Å². The minimum Gasteiger partial charge on any atom is -0.385 e. The highest BCUT2D eigenvalue weighted by Crippen LogP contribution is 2.35. The molecule has 1 aliphatic heterocycles. The summed E-state index contributed by atoms with van der Waals surface area (Å²) < 4.78 is 5.19. The summed E-state index contributed by atoms with van der Waals surface area (Å²) in [6, 6.07) is 23.5. The summed E-state index contributed by atoms with van der Waals surface area (Å²) in [5, 5.41) is 8.91. The van der Waals surface area contributed by atoms with Crippen LogP contribution in [-0.4, -0.2) is 22.5 Å².